The first kappa shape index (κ1) is 28.8. The third kappa shape index (κ3) is 7.31. The zero-order valence-electron chi connectivity index (χ0n) is 23.7. The SMILES string of the molecule is C[C@@H]1CN([C@H](c2ccc(C3=NN(CCOCC(=O)O)NC3)cc2)c2cccc(O)c2)[C@@H](C)CN1Cc1ccccc1. The van der Waals surface area contributed by atoms with Gasteiger partial charge in [0.1, 0.15) is 12.4 Å². The van der Waals surface area contributed by atoms with Crippen LogP contribution in [0, 0.1) is 0 Å². The Morgan fingerprint density at radius 1 is 1.00 bits per heavy atom. The number of ether oxygens (including phenoxy) is 1. The molecule has 0 spiro atoms. The molecule has 0 saturated carbocycles. The fraction of sp³-hybridized carbons (Fsp3) is 0.375. The Balaban J connectivity index is 1.32. The van der Waals surface area contributed by atoms with Crippen molar-refractivity contribution in [2.45, 2.75) is 38.5 Å². The Labute approximate surface area is 241 Å². The fourth-order valence-corrected chi connectivity index (χ4v) is 5.73. The Morgan fingerprint density at radius 2 is 1.78 bits per heavy atom. The lowest BCUT2D eigenvalue weighted by Gasteiger charge is -2.47. The summed E-state index contributed by atoms with van der Waals surface area (Å²) in [4.78, 5) is 15.7. The summed E-state index contributed by atoms with van der Waals surface area (Å²) in [6, 6.07) is 27.5. The number of phenolic OH excluding ortho intramolecular Hbond substituents is 1. The summed E-state index contributed by atoms with van der Waals surface area (Å²) < 4.78 is 5.12. The lowest BCUT2D eigenvalue weighted by atomic mass is 9.92. The summed E-state index contributed by atoms with van der Waals surface area (Å²) in [7, 11) is 0. The van der Waals surface area contributed by atoms with Crippen LogP contribution < -0.4 is 5.43 Å². The van der Waals surface area contributed by atoms with Crippen molar-refractivity contribution in [3.8, 4) is 5.75 Å². The van der Waals surface area contributed by atoms with Crippen molar-refractivity contribution in [3.63, 3.8) is 0 Å². The van der Waals surface area contributed by atoms with Crippen LogP contribution in [0.3, 0.4) is 0 Å². The van der Waals surface area contributed by atoms with Crippen molar-refractivity contribution in [2.75, 3.05) is 39.4 Å². The van der Waals surface area contributed by atoms with Crippen molar-refractivity contribution >= 4 is 11.7 Å². The summed E-state index contributed by atoms with van der Waals surface area (Å²) in [6.07, 6.45) is 0. The van der Waals surface area contributed by atoms with E-state index in [1.807, 2.05) is 12.1 Å². The molecule has 0 aliphatic carbocycles. The molecule has 0 bridgehead atoms. The number of aromatic hydroxyl groups is 1. The van der Waals surface area contributed by atoms with Gasteiger partial charge in [-0.25, -0.2) is 15.3 Å². The molecule has 9 nitrogen and oxygen atoms in total. The number of hydrazone groups is 1. The van der Waals surface area contributed by atoms with Crippen LogP contribution >= 0.6 is 0 Å². The molecule has 9 heteroatoms. The number of aliphatic carboxylic acids is 1. The predicted octanol–water partition coefficient (Wildman–Crippen LogP) is 3.70. The lowest BCUT2D eigenvalue weighted by Crippen LogP contribution is -2.56. The number of carbonyl (C=O) groups is 1. The number of nitrogens with one attached hydrogen (secondary N) is 1. The largest absolute Gasteiger partial charge is 0.508 e. The van der Waals surface area contributed by atoms with E-state index in [2.05, 4.69) is 94.8 Å². The van der Waals surface area contributed by atoms with Gasteiger partial charge in [0.2, 0.25) is 0 Å². The van der Waals surface area contributed by atoms with E-state index in [0.29, 0.717) is 25.2 Å². The molecular formula is C32H39N5O4. The van der Waals surface area contributed by atoms with E-state index < -0.39 is 5.97 Å². The summed E-state index contributed by atoms with van der Waals surface area (Å²) in [5.74, 6) is -0.711. The summed E-state index contributed by atoms with van der Waals surface area (Å²) in [6.45, 7) is 8.40. The molecule has 2 heterocycles. The molecule has 1 fully saturated rings. The summed E-state index contributed by atoms with van der Waals surface area (Å²) >= 11 is 0. The van der Waals surface area contributed by atoms with Gasteiger partial charge in [-0.05, 0) is 48.2 Å². The van der Waals surface area contributed by atoms with E-state index in [1.54, 1.807) is 11.2 Å². The average Bonchev–Trinajstić information content (AvgIpc) is 3.44. The van der Waals surface area contributed by atoms with Gasteiger partial charge in [0, 0.05) is 31.7 Å². The molecule has 2 aliphatic rings. The van der Waals surface area contributed by atoms with Crippen LogP contribution in [-0.4, -0.2) is 88.3 Å². The maximum absolute atomic E-state index is 10.6. The van der Waals surface area contributed by atoms with Crippen LogP contribution in [-0.2, 0) is 16.1 Å². The average molecular weight is 558 g/mol. The summed E-state index contributed by atoms with van der Waals surface area (Å²) in [5.41, 5.74) is 8.72. The van der Waals surface area contributed by atoms with Crippen LogP contribution in [0.4, 0.5) is 0 Å². The number of piperazine rings is 1. The number of hydrogen-bond acceptors (Lipinski definition) is 8. The van der Waals surface area contributed by atoms with E-state index in [9.17, 15) is 9.90 Å². The van der Waals surface area contributed by atoms with Gasteiger partial charge in [-0.3, -0.25) is 9.80 Å². The smallest absolute Gasteiger partial charge is 0.329 e. The highest BCUT2D eigenvalue weighted by atomic mass is 16.5. The van der Waals surface area contributed by atoms with Gasteiger partial charge in [-0.1, -0.05) is 66.7 Å². The van der Waals surface area contributed by atoms with Gasteiger partial charge < -0.3 is 14.9 Å². The quantitative estimate of drug-likeness (QED) is 0.307. The summed E-state index contributed by atoms with van der Waals surface area (Å²) in [5, 5.41) is 25.4. The first-order valence-corrected chi connectivity index (χ1v) is 14.2. The van der Waals surface area contributed by atoms with Gasteiger partial charge in [0.25, 0.3) is 0 Å². The predicted molar refractivity (Wildman–Crippen MR) is 159 cm³/mol. The molecule has 3 aromatic rings. The van der Waals surface area contributed by atoms with Crippen LogP contribution in [0.1, 0.15) is 42.1 Å². The van der Waals surface area contributed by atoms with Gasteiger partial charge in [-0.2, -0.15) is 5.10 Å². The van der Waals surface area contributed by atoms with Crippen molar-refractivity contribution in [1.82, 2.24) is 20.3 Å². The minimum atomic E-state index is -0.981. The minimum Gasteiger partial charge on any atom is -0.508 e. The van der Waals surface area contributed by atoms with Crippen molar-refractivity contribution < 1.29 is 19.7 Å². The topological polar surface area (TPSA) is 101 Å². The number of hydrazine groups is 1. The fourth-order valence-electron chi connectivity index (χ4n) is 5.73. The second-order valence-electron chi connectivity index (χ2n) is 10.9. The zero-order chi connectivity index (χ0) is 28.8. The molecule has 5 rings (SSSR count). The third-order valence-electron chi connectivity index (χ3n) is 7.81. The first-order chi connectivity index (χ1) is 19.9. The van der Waals surface area contributed by atoms with E-state index in [4.69, 9.17) is 9.84 Å². The van der Waals surface area contributed by atoms with E-state index in [1.165, 1.54) is 11.1 Å². The van der Waals surface area contributed by atoms with Crippen molar-refractivity contribution in [3.05, 3.63) is 101 Å². The van der Waals surface area contributed by atoms with Crippen LogP contribution in [0.5, 0.6) is 5.75 Å². The molecular weight excluding hydrogens is 518 g/mol. The van der Waals surface area contributed by atoms with Crippen LogP contribution in [0.15, 0.2) is 84.0 Å². The third-order valence-corrected chi connectivity index (χ3v) is 7.81. The number of carboxylic acid groups (broad SMARTS) is 1. The number of benzene rings is 3. The highest BCUT2D eigenvalue weighted by molar-refractivity contribution is 6.02. The highest BCUT2D eigenvalue weighted by Gasteiger charge is 2.35. The van der Waals surface area contributed by atoms with E-state index in [0.717, 1.165) is 36.5 Å². The molecule has 0 unspecified atom stereocenters. The zero-order valence-corrected chi connectivity index (χ0v) is 23.7. The number of phenols is 1. The van der Waals surface area contributed by atoms with Crippen molar-refractivity contribution in [1.29, 1.82) is 0 Å². The Morgan fingerprint density at radius 3 is 2.51 bits per heavy atom. The highest BCUT2D eigenvalue weighted by Crippen LogP contribution is 2.35. The molecule has 3 atom stereocenters. The van der Waals surface area contributed by atoms with E-state index in [-0.39, 0.29) is 25.0 Å². The minimum absolute atomic E-state index is 0.000926. The Hall–Kier alpha value is -3.76. The van der Waals surface area contributed by atoms with Gasteiger partial charge >= 0.3 is 5.97 Å². The van der Waals surface area contributed by atoms with E-state index >= 15 is 0 Å². The molecule has 216 valence electrons. The molecule has 3 aromatic carbocycles. The lowest BCUT2D eigenvalue weighted by molar-refractivity contribution is -0.142. The maximum atomic E-state index is 10.6. The van der Waals surface area contributed by atoms with Gasteiger partial charge in [-0.15, -0.1) is 0 Å². The molecule has 2 aliphatic heterocycles. The second kappa shape index (κ2) is 13.3. The normalized spacial score (nSPS) is 20.6. The number of nitrogens with zero attached hydrogens (tertiary/aromatic N) is 4. The van der Waals surface area contributed by atoms with Crippen molar-refractivity contribution in [2.24, 2.45) is 5.10 Å². The van der Waals surface area contributed by atoms with Gasteiger partial charge in [0.05, 0.1) is 31.4 Å². The van der Waals surface area contributed by atoms with Crippen LogP contribution in [0.2, 0.25) is 0 Å². The first-order valence-electron chi connectivity index (χ1n) is 14.2. The molecule has 41 heavy (non-hydrogen) atoms. The van der Waals surface area contributed by atoms with Crippen LogP contribution in [0.25, 0.3) is 0 Å². The molecule has 3 N–H and O–H groups in total. The number of rotatable bonds is 11. The molecule has 0 radical (unpaired) electrons. The van der Waals surface area contributed by atoms with Gasteiger partial charge in [0.15, 0.2) is 0 Å². The number of hydrogen-bond donors (Lipinski definition) is 3. The number of carboxylic acids is 1. The molecule has 0 aromatic heterocycles. The molecule has 1 saturated heterocycles. The molecule has 0 amide bonds. The Kier molecular flexibility index (Phi) is 9.31. The standard InChI is InChI=1S/C32H39N5O4/c1-23-20-36(24(2)19-35(23)21-25-7-4-3-5-8-25)32(28-9-6-10-29(38)17-28)27-13-11-26(12-14-27)30-18-33-37(34-30)15-16-41-22-31(39)40/h3-14,17,23-24,32-33,38H,15-16,18-22H2,1-2H3,(H,39,40)/t23-,24+,32-/m1/s1. The second-order valence-corrected chi connectivity index (χ2v) is 10.9. The maximum Gasteiger partial charge on any atom is 0.329 e. The monoisotopic (exact) mass is 557 g/mol. The Bertz CT molecular complexity index is 1330.